The summed E-state index contributed by atoms with van der Waals surface area (Å²) in [5, 5.41) is 10.6. The molecule has 3 atom stereocenters. The smallest absolute Gasteiger partial charge is 0.302 e. The quantitative estimate of drug-likeness (QED) is 0.559. The third-order valence-corrected chi connectivity index (χ3v) is 4.61. The molecule has 0 aromatic heterocycles. The zero-order valence-corrected chi connectivity index (χ0v) is 15.3. The minimum absolute atomic E-state index is 0.0178. The first-order chi connectivity index (χ1) is 11.4. The van der Waals surface area contributed by atoms with Crippen molar-refractivity contribution in [2.45, 2.75) is 39.7 Å². The molecule has 0 aromatic carbocycles. The van der Waals surface area contributed by atoms with E-state index in [1.807, 2.05) is 0 Å². The van der Waals surface area contributed by atoms with Gasteiger partial charge in [-0.15, -0.1) is 6.58 Å². The topological polar surface area (TPSA) is 89.9 Å². The van der Waals surface area contributed by atoms with Crippen molar-refractivity contribution in [1.29, 1.82) is 0 Å². The molecule has 1 N–H and O–H groups in total. The maximum absolute atomic E-state index is 12.7. The van der Waals surface area contributed by atoms with Gasteiger partial charge in [0, 0.05) is 19.8 Å². The van der Waals surface area contributed by atoms with Crippen molar-refractivity contribution in [1.82, 2.24) is 0 Å². The lowest BCUT2D eigenvalue weighted by Gasteiger charge is -2.41. The normalized spacial score (nSPS) is 25.4. The van der Waals surface area contributed by atoms with E-state index in [1.165, 1.54) is 26.8 Å². The first-order valence-corrected chi connectivity index (χ1v) is 8.00. The Morgan fingerprint density at radius 2 is 1.96 bits per heavy atom. The van der Waals surface area contributed by atoms with Gasteiger partial charge < -0.3 is 14.6 Å². The van der Waals surface area contributed by atoms with E-state index < -0.39 is 28.9 Å². The molecule has 0 bridgehead atoms. The summed E-state index contributed by atoms with van der Waals surface area (Å²) in [5.41, 5.74) is -1.41. The number of esters is 2. The average Bonchev–Trinajstić information content (AvgIpc) is 2.52. The molecule has 6 nitrogen and oxygen atoms in total. The Labute approximate surface area is 148 Å². The predicted octanol–water partition coefficient (Wildman–Crippen LogP) is 2.13. The number of aliphatic hydroxyl groups is 1. The Hall–Kier alpha value is -2.21. The summed E-state index contributed by atoms with van der Waals surface area (Å²) in [6.07, 6.45) is 3.23. The highest BCUT2D eigenvalue weighted by atomic mass is 16.5. The summed E-state index contributed by atoms with van der Waals surface area (Å²) < 4.78 is 9.89. The van der Waals surface area contributed by atoms with Gasteiger partial charge in [-0.05, 0) is 37.5 Å². The number of rotatable bonds is 7. The van der Waals surface area contributed by atoms with E-state index in [0.29, 0.717) is 17.6 Å². The molecule has 0 heterocycles. The maximum atomic E-state index is 12.7. The van der Waals surface area contributed by atoms with E-state index in [9.17, 15) is 19.5 Å². The lowest BCUT2D eigenvalue weighted by atomic mass is 9.63. The second-order valence-electron chi connectivity index (χ2n) is 6.77. The zero-order chi connectivity index (χ0) is 19.4. The average molecular weight is 350 g/mol. The number of ether oxygens (including phenoxy) is 2. The Bertz CT molecular complexity index is 628. The third kappa shape index (κ3) is 4.89. The molecule has 6 heteroatoms. The van der Waals surface area contributed by atoms with Crippen LogP contribution in [0.3, 0.4) is 0 Å². The van der Waals surface area contributed by atoms with Gasteiger partial charge in [-0.3, -0.25) is 14.4 Å². The van der Waals surface area contributed by atoms with Crippen molar-refractivity contribution in [3.05, 3.63) is 36.5 Å². The van der Waals surface area contributed by atoms with Crippen LogP contribution in [-0.2, 0) is 23.9 Å². The van der Waals surface area contributed by atoms with Crippen LogP contribution in [0.4, 0.5) is 0 Å². The molecule has 1 rings (SSSR count). The van der Waals surface area contributed by atoms with E-state index in [2.05, 4.69) is 13.2 Å². The molecule has 138 valence electrons. The molecule has 0 amide bonds. The fourth-order valence-corrected chi connectivity index (χ4v) is 2.79. The summed E-state index contributed by atoms with van der Waals surface area (Å²) in [5.74, 6) is -1.60. The van der Waals surface area contributed by atoms with Crippen molar-refractivity contribution in [3.63, 3.8) is 0 Å². The van der Waals surface area contributed by atoms with Gasteiger partial charge in [0.1, 0.15) is 18.8 Å². The largest absolute Gasteiger partial charge is 0.462 e. The molecule has 0 aromatic rings. The van der Waals surface area contributed by atoms with Crippen LogP contribution in [0, 0.1) is 11.3 Å². The van der Waals surface area contributed by atoms with E-state index in [-0.39, 0.29) is 19.0 Å². The lowest BCUT2D eigenvalue weighted by Crippen LogP contribution is -2.44. The number of carbonyl (C=O) groups is 3. The highest BCUT2D eigenvalue weighted by molar-refractivity contribution is 5.98. The summed E-state index contributed by atoms with van der Waals surface area (Å²) in [4.78, 5) is 34.7. The predicted molar refractivity (Wildman–Crippen MR) is 92.5 cm³/mol. The summed E-state index contributed by atoms with van der Waals surface area (Å²) in [6.45, 7) is 13.2. The molecule has 0 fully saturated rings. The molecule has 0 spiro atoms. The Kier molecular flexibility index (Phi) is 6.48. The minimum atomic E-state index is -1.48. The van der Waals surface area contributed by atoms with Crippen LogP contribution in [0.1, 0.15) is 34.1 Å². The van der Waals surface area contributed by atoms with Crippen LogP contribution < -0.4 is 0 Å². The van der Waals surface area contributed by atoms with Crippen molar-refractivity contribution in [2.24, 2.45) is 11.3 Å². The van der Waals surface area contributed by atoms with E-state index in [1.54, 1.807) is 13.0 Å². The SMILES string of the molecule is C=C[C@@]1(C)C(=O)C=C([C@@](C)(O)COC(C)=O)C[C@H]1C(=C)COC(C)=O. The standard InChI is InChI=1S/C19H26O6/c1-7-18(5)16(12(2)10-24-13(3)20)8-15(9-17(18)22)19(6,23)11-25-14(4)21/h7,9,16,23H,1-2,8,10-11H2,3-6H3/t16-,18+,19-/m0/s1. The van der Waals surface area contributed by atoms with Crippen LogP contribution >= 0.6 is 0 Å². The van der Waals surface area contributed by atoms with Crippen LogP contribution in [0.5, 0.6) is 0 Å². The number of allylic oxidation sites excluding steroid dienone is 2. The van der Waals surface area contributed by atoms with Gasteiger partial charge in [0.2, 0.25) is 0 Å². The summed E-state index contributed by atoms with van der Waals surface area (Å²) in [7, 11) is 0. The Morgan fingerprint density at radius 1 is 1.40 bits per heavy atom. The summed E-state index contributed by atoms with van der Waals surface area (Å²) in [6, 6.07) is 0. The second-order valence-corrected chi connectivity index (χ2v) is 6.77. The van der Waals surface area contributed by atoms with Crippen molar-refractivity contribution < 1.29 is 29.0 Å². The highest BCUT2D eigenvalue weighted by Crippen LogP contribution is 2.45. The second kappa shape index (κ2) is 7.78. The maximum Gasteiger partial charge on any atom is 0.302 e. The van der Waals surface area contributed by atoms with Crippen molar-refractivity contribution >= 4 is 17.7 Å². The van der Waals surface area contributed by atoms with Crippen molar-refractivity contribution in [2.75, 3.05) is 13.2 Å². The van der Waals surface area contributed by atoms with Crippen LogP contribution in [0.25, 0.3) is 0 Å². The van der Waals surface area contributed by atoms with Gasteiger partial charge in [-0.25, -0.2) is 0 Å². The number of hydrogen-bond acceptors (Lipinski definition) is 6. The molecule has 1 aliphatic rings. The fraction of sp³-hybridized carbons (Fsp3) is 0.526. The van der Waals surface area contributed by atoms with Crippen LogP contribution in [0.15, 0.2) is 36.5 Å². The van der Waals surface area contributed by atoms with Gasteiger partial charge in [-0.1, -0.05) is 12.7 Å². The Balaban J connectivity index is 3.13. The molecule has 0 saturated heterocycles. The van der Waals surface area contributed by atoms with Gasteiger partial charge in [0.15, 0.2) is 5.78 Å². The molecule has 0 unspecified atom stereocenters. The molecular weight excluding hydrogens is 324 g/mol. The molecule has 0 radical (unpaired) electrons. The van der Waals surface area contributed by atoms with E-state index in [0.717, 1.165) is 0 Å². The van der Waals surface area contributed by atoms with Gasteiger partial charge in [-0.2, -0.15) is 0 Å². The molecule has 1 aliphatic carbocycles. The van der Waals surface area contributed by atoms with Crippen LogP contribution in [-0.4, -0.2) is 41.6 Å². The zero-order valence-electron chi connectivity index (χ0n) is 15.3. The number of hydrogen-bond donors (Lipinski definition) is 1. The Morgan fingerprint density at radius 3 is 2.44 bits per heavy atom. The monoisotopic (exact) mass is 350 g/mol. The minimum Gasteiger partial charge on any atom is -0.462 e. The molecule has 0 saturated carbocycles. The first kappa shape index (κ1) is 20.8. The number of carbonyl (C=O) groups excluding carboxylic acids is 3. The van der Waals surface area contributed by atoms with Gasteiger partial charge >= 0.3 is 11.9 Å². The van der Waals surface area contributed by atoms with Crippen LogP contribution in [0.2, 0.25) is 0 Å². The number of ketones is 1. The fourth-order valence-electron chi connectivity index (χ4n) is 2.79. The molecule has 25 heavy (non-hydrogen) atoms. The highest BCUT2D eigenvalue weighted by Gasteiger charge is 2.45. The van der Waals surface area contributed by atoms with E-state index in [4.69, 9.17) is 9.47 Å². The first-order valence-electron chi connectivity index (χ1n) is 8.00. The van der Waals surface area contributed by atoms with E-state index >= 15 is 0 Å². The molecular formula is C19H26O6. The third-order valence-electron chi connectivity index (χ3n) is 4.61. The summed E-state index contributed by atoms with van der Waals surface area (Å²) >= 11 is 0. The van der Waals surface area contributed by atoms with Gasteiger partial charge in [0.25, 0.3) is 0 Å². The van der Waals surface area contributed by atoms with Gasteiger partial charge in [0.05, 0.1) is 5.41 Å². The van der Waals surface area contributed by atoms with Crippen molar-refractivity contribution in [3.8, 4) is 0 Å². The lowest BCUT2D eigenvalue weighted by molar-refractivity contribution is -0.146. The molecule has 0 aliphatic heterocycles.